The van der Waals surface area contributed by atoms with Gasteiger partial charge < -0.3 is 15.5 Å². The molecule has 1 aromatic rings. The molecule has 1 heterocycles. The predicted molar refractivity (Wildman–Crippen MR) is 45.3 cm³/mol. The molecule has 8 heteroatoms. The summed E-state index contributed by atoms with van der Waals surface area (Å²) >= 11 is 0. The smallest absolute Gasteiger partial charge is 0.326 e. The Labute approximate surface area is 74.7 Å². The summed E-state index contributed by atoms with van der Waals surface area (Å²) in [6.07, 6.45) is 1.04. The summed E-state index contributed by atoms with van der Waals surface area (Å²) in [7, 11) is -4.28. The third-order valence-electron chi connectivity index (χ3n) is 1.27. The molecule has 74 valence electrons. The van der Waals surface area contributed by atoms with Crippen molar-refractivity contribution in [3.63, 3.8) is 0 Å². The molecule has 0 saturated carbocycles. The van der Waals surface area contributed by atoms with Crippen molar-refractivity contribution in [1.82, 2.24) is 15.0 Å². The van der Waals surface area contributed by atoms with E-state index in [0.29, 0.717) is 6.54 Å². The molecular formula is C5H11N4O3P. The molecule has 0 aliphatic heterocycles. The molecule has 0 aliphatic carbocycles. The summed E-state index contributed by atoms with van der Waals surface area (Å²) in [5.74, 6) is 0. The Morgan fingerprint density at radius 2 is 2.38 bits per heavy atom. The van der Waals surface area contributed by atoms with Crippen molar-refractivity contribution in [2.75, 3.05) is 0 Å². The minimum absolute atomic E-state index is 0.156. The summed E-state index contributed by atoms with van der Waals surface area (Å²) in [6.45, 7) is 2.08. The van der Waals surface area contributed by atoms with Crippen LogP contribution >= 0.6 is 7.60 Å². The molecule has 0 fully saturated rings. The molecule has 0 saturated heterocycles. The first-order valence-corrected chi connectivity index (χ1v) is 5.22. The van der Waals surface area contributed by atoms with E-state index in [4.69, 9.17) is 15.5 Å². The van der Waals surface area contributed by atoms with Gasteiger partial charge in [0.25, 0.3) is 0 Å². The van der Waals surface area contributed by atoms with Crippen molar-refractivity contribution >= 4 is 13.0 Å². The van der Waals surface area contributed by atoms with Crippen molar-refractivity contribution in [3.8, 4) is 0 Å². The van der Waals surface area contributed by atoms with Gasteiger partial charge in [-0.2, -0.15) is 9.90 Å². The number of nitrogens with zero attached hydrogens (tertiary/aromatic N) is 3. The van der Waals surface area contributed by atoms with E-state index in [0.717, 1.165) is 6.20 Å². The van der Waals surface area contributed by atoms with Crippen LogP contribution in [0.3, 0.4) is 0 Å². The highest BCUT2D eigenvalue weighted by Crippen LogP contribution is 2.31. The van der Waals surface area contributed by atoms with Gasteiger partial charge in [-0.25, -0.2) is 0 Å². The predicted octanol–water partition coefficient (Wildman–Crippen LogP) is -1.57. The first-order chi connectivity index (χ1) is 5.89. The molecule has 0 radical (unpaired) electrons. The van der Waals surface area contributed by atoms with Gasteiger partial charge in [0.1, 0.15) is 0 Å². The largest absolute Gasteiger partial charge is 0.378 e. The fourth-order valence-electron chi connectivity index (χ4n) is 0.767. The molecular weight excluding hydrogens is 195 g/mol. The van der Waals surface area contributed by atoms with Crippen molar-refractivity contribution < 1.29 is 14.4 Å². The van der Waals surface area contributed by atoms with E-state index in [9.17, 15) is 4.57 Å². The zero-order valence-corrected chi connectivity index (χ0v) is 7.93. The Hall–Kier alpha value is -0.750. The number of hydrogen-bond donors (Lipinski definition) is 3. The molecule has 0 aromatic carbocycles. The first kappa shape index (κ1) is 10.3. The Kier molecular flexibility index (Phi) is 2.82. The van der Waals surface area contributed by atoms with Gasteiger partial charge in [-0.3, -0.25) is 4.57 Å². The molecule has 0 aliphatic rings. The van der Waals surface area contributed by atoms with Gasteiger partial charge in [0.15, 0.2) is 5.44 Å². The second-order valence-corrected chi connectivity index (χ2v) is 4.33. The Morgan fingerprint density at radius 1 is 1.77 bits per heavy atom. The Bertz CT molecular complexity index is 330. The van der Waals surface area contributed by atoms with Gasteiger partial charge in [0.2, 0.25) is 0 Å². The van der Waals surface area contributed by atoms with Gasteiger partial charge in [-0.05, 0) is 6.92 Å². The van der Waals surface area contributed by atoms with E-state index in [2.05, 4.69) is 10.2 Å². The maximum absolute atomic E-state index is 10.7. The van der Waals surface area contributed by atoms with Gasteiger partial charge in [0.05, 0.1) is 12.7 Å². The van der Waals surface area contributed by atoms with Crippen LogP contribution in [0.5, 0.6) is 0 Å². The molecule has 13 heavy (non-hydrogen) atoms. The van der Waals surface area contributed by atoms with Gasteiger partial charge in [0, 0.05) is 6.04 Å². The summed E-state index contributed by atoms with van der Waals surface area (Å²) in [6, 6.07) is -0.156. The van der Waals surface area contributed by atoms with Crippen LogP contribution in [0.1, 0.15) is 6.92 Å². The first-order valence-electron chi connectivity index (χ1n) is 3.61. The van der Waals surface area contributed by atoms with E-state index >= 15 is 0 Å². The highest BCUT2D eigenvalue weighted by atomic mass is 31.2. The van der Waals surface area contributed by atoms with Gasteiger partial charge >= 0.3 is 7.60 Å². The maximum Gasteiger partial charge on any atom is 0.378 e. The Balaban J connectivity index is 2.81. The number of rotatable bonds is 3. The summed E-state index contributed by atoms with van der Waals surface area (Å²) in [4.78, 5) is 18.6. The molecule has 0 amide bonds. The molecule has 1 rings (SSSR count). The lowest BCUT2D eigenvalue weighted by molar-refractivity contribution is 0.385. The van der Waals surface area contributed by atoms with Crippen LogP contribution < -0.4 is 11.2 Å². The zero-order valence-electron chi connectivity index (χ0n) is 7.03. The van der Waals surface area contributed by atoms with E-state index in [-0.39, 0.29) is 11.5 Å². The van der Waals surface area contributed by atoms with E-state index in [1.54, 1.807) is 6.92 Å². The summed E-state index contributed by atoms with van der Waals surface area (Å²) in [5.41, 5.74) is 5.12. The highest BCUT2D eigenvalue weighted by Gasteiger charge is 2.21. The molecule has 0 unspecified atom stereocenters. The van der Waals surface area contributed by atoms with Gasteiger partial charge in [-0.1, -0.05) is 0 Å². The number of nitrogens with two attached hydrogens (primary N) is 1. The third-order valence-corrected chi connectivity index (χ3v) is 2.08. The lowest BCUT2D eigenvalue weighted by Crippen LogP contribution is -2.24. The van der Waals surface area contributed by atoms with Crippen LogP contribution in [-0.4, -0.2) is 30.8 Å². The molecule has 0 bridgehead atoms. The van der Waals surface area contributed by atoms with Crippen LogP contribution in [0.15, 0.2) is 6.20 Å². The van der Waals surface area contributed by atoms with Crippen LogP contribution in [0.2, 0.25) is 0 Å². The van der Waals surface area contributed by atoms with Crippen LogP contribution in [0.4, 0.5) is 0 Å². The fourth-order valence-corrected chi connectivity index (χ4v) is 1.19. The normalized spacial score (nSPS) is 14.5. The standard InChI is InChI=1S/C5H11N4O3P/c1-4(6)3-9-7-2-5(8-9)13(10,11)12/h2,4H,3,6H2,1H3,(H2,10,11,12)/t4-/m1/s1. The average Bonchev–Trinajstić information content (AvgIpc) is 2.32. The third kappa shape index (κ3) is 2.89. The lowest BCUT2D eigenvalue weighted by atomic mass is 10.4. The quantitative estimate of drug-likeness (QED) is 0.514. The monoisotopic (exact) mass is 206 g/mol. The van der Waals surface area contributed by atoms with Crippen LogP contribution in [0.25, 0.3) is 0 Å². The number of hydrogen-bond acceptors (Lipinski definition) is 4. The topological polar surface area (TPSA) is 114 Å². The highest BCUT2D eigenvalue weighted by molar-refractivity contribution is 7.59. The molecule has 7 nitrogen and oxygen atoms in total. The van der Waals surface area contributed by atoms with Crippen LogP contribution in [-0.2, 0) is 11.1 Å². The lowest BCUT2D eigenvalue weighted by Gasteiger charge is -2.02. The Morgan fingerprint density at radius 3 is 2.77 bits per heavy atom. The molecule has 4 N–H and O–H groups in total. The van der Waals surface area contributed by atoms with Crippen molar-refractivity contribution in [1.29, 1.82) is 0 Å². The fraction of sp³-hybridized carbons (Fsp3) is 0.600. The second kappa shape index (κ2) is 3.55. The van der Waals surface area contributed by atoms with Crippen molar-refractivity contribution in [3.05, 3.63) is 6.20 Å². The summed E-state index contributed by atoms with van der Waals surface area (Å²) < 4.78 is 10.7. The summed E-state index contributed by atoms with van der Waals surface area (Å²) in [5, 5.41) is 7.24. The molecule has 1 atom stereocenters. The van der Waals surface area contributed by atoms with Crippen molar-refractivity contribution in [2.24, 2.45) is 5.73 Å². The molecule has 0 spiro atoms. The minimum atomic E-state index is -4.28. The van der Waals surface area contributed by atoms with Gasteiger partial charge in [-0.15, -0.1) is 5.10 Å². The van der Waals surface area contributed by atoms with E-state index in [1.807, 2.05) is 0 Å². The number of aromatic nitrogens is 3. The SMILES string of the molecule is C[C@@H](N)Cn1ncc(P(=O)(O)O)n1. The average molecular weight is 206 g/mol. The van der Waals surface area contributed by atoms with E-state index in [1.165, 1.54) is 4.80 Å². The molecule has 1 aromatic heterocycles. The minimum Gasteiger partial charge on any atom is -0.326 e. The van der Waals surface area contributed by atoms with Crippen molar-refractivity contribution in [2.45, 2.75) is 19.5 Å². The second-order valence-electron chi connectivity index (χ2n) is 2.78. The van der Waals surface area contributed by atoms with E-state index < -0.39 is 7.60 Å². The maximum atomic E-state index is 10.7. The van der Waals surface area contributed by atoms with Crippen LogP contribution in [0, 0.1) is 0 Å². The zero-order chi connectivity index (χ0) is 10.1.